The molecule has 0 saturated heterocycles. The summed E-state index contributed by atoms with van der Waals surface area (Å²) in [6, 6.07) is 7.69. The fourth-order valence-corrected chi connectivity index (χ4v) is 2.53. The highest BCUT2D eigenvalue weighted by atomic mass is 32.1. The first-order chi connectivity index (χ1) is 10.2. The highest BCUT2D eigenvalue weighted by molar-refractivity contribution is 7.08. The van der Waals surface area contributed by atoms with E-state index in [0.717, 1.165) is 16.7 Å². The third-order valence-corrected chi connectivity index (χ3v) is 3.59. The van der Waals surface area contributed by atoms with Crippen LogP contribution in [0.4, 0.5) is 5.69 Å². The van der Waals surface area contributed by atoms with Crippen LogP contribution in [0.15, 0.2) is 35.0 Å². The Morgan fingerprint density at radius 1 is 1.38 bits per heavy atom. The van der Waals surface area contributed by atoms with Crippen LogP contribution in [-0.4, -0.2) is 17.6 Å². The van der Waals surface area contributed by atoms with Crippen LogP contribution >= 0.6 is 11.3 Å². The lowest BCUT2D eigenvalue weighted by Gasteiger charge is -2.08. The van der Waals surface area contributed by atoms with Gasteiger partial charge in [-0.05, 0) is 47.0 Å². The summed E-state index contributed by atoms with van der Waals surface area (Å²) in [5.41, 5.74) is 3.59. The zero-order chi connectivity index (χ0) is 15.1. The molecule has 1 aromatic heterocycles. The van der Waals surface area contributed by atoms with Gasteiger partial charge < -0.3 is 10.4 Å². The zero-order valence-corrected chi connectivity index (χ0v) is 12.7. The molecule has 0 radical (unpaired) electrons. The molecule has 0 fully saturated rings. The molecule has 0 saturated carbocycles. The molecule has 4 heteroatoms. The Bertz CT molecular complexity index is 666. The van der Waals surface area contributed by atoms with Crippen molar-refractivity contribution in [2.45, 2.75) is 19.8 Å². The van der Waals surface area contributed by atoms with Gasteiger partial charge >= 0.3 is 0 Å². The Morgan fingerprint density at radius 3 is 2.95 bits per heavy atom. The number of aryl methyl sites for hydroxylation is 1. The number of carbonyl (C=O) groups is 1. The summed E-state index contributed by atoms with van der Waals surface area (Å²) in [4.78, 5) is 12.1. The van der Waals surface area contributed by atoms with Gasteiger partial charge in [0, 0.05) is 12.0 Å². The molecule has 3 nitrogen and oxygen atoms in total. The molecule has 1 aromatic carbocycles. The lowest BCUT2D eigenvalue weighted by Crippen LogP contribution is -2.14. The van der Waals surface area contributed by atoms with Crippen LogP contribution in [0.25, 0.3) is 0 Å². The second kappa shape index (κ2) is 7.63. The van der Waals surface area contributed by atoms with Crippen molar-refractivity contribution in [3.05, 3.63) is 51.7 Å². The molecule has 0 atom stereocenters. The molecule has 0 aliphatic carbocycles. The van der Waals surface area contributed by atoms with Crippen LogP contribution in [0.3, 0.4) is 0 Å². The first-order valence-corrected chi connectivity index (χ1v) is 7.64. The predicted molar refractivity (Wildman–Crippen MR) is 86.4 cm³/mol. The van der Waals surface area contributed by atoms with Crippen molar-refractivity contribution >= 4 is 22.9 Å². The number of nitrogens with one attached hydrogen (secondary N) is 1. The smallest absolute Gasteiger partial charge is 0.228 e. The van der Waals surface area contributed by atoms with E-state index in [0.29, 0.717) is 18.5 Å². The summed E-state index contributed by atoms with van der Waals surface area (Å²) < 4.78 is 0. The molecule has 21 heavy (non-hydrogen) atoms. The minimum atomic E-state index is -0.0533. The first kappa shape index (κ1) is 15.3. The average Bonchev–Trinajstić information content (AvgIpc) is 2.95. The number of aliphatic hydroxyl groups is 1. The quantitative estimate of drug-likeness (QED) is 0.853. The van der Waals surface area contributed by atoms with E-state index in [1.807, 2.05) is 41.9 Å². The summed E-state index contributed by atoms with van der Waals surface area (Å²) >= 11 is 1.58. The Kier molecular flexibility index (Phi) is 5.56. The molecular formula is C17H17NO2S. The number of thiophene rings is 1. The van der Waals surface area contributed by atoms with Gasteiger partial charge in [0.15, 0.2) is 0 Å². The van der Waals surface area contributed by atoms with E-state index in [-0.39, 0.29) is 12.5 Å². The fraction of sp³-hybridized carbons (Fsp3) is 0.235. The van der Waals surface area contributed by atoms with E-state index in [1.165, 1.54) is 0 Å². The van der Waals surface area contributed by atoms with Crippen LogP contribution in [-0.2, 0) is 11.2 Å². The number of rotatable bonds is 4. The van der Waals surface area contributed by atoms with Gasteiger partial charge in [-0.3, -0.25) is 4.79 Å². The predicted octanol–water partition coefficient (Wildman–Crippen LogP) is 2.97. The van der Waals surface area contributed by atoms with Gasteiger partial charge in [-0.2, -0.15) is 11.3 Å². The summed E-state index contributed by atoms with van der Waals surface area (Å²) in [5, 5.41) is 15.6. The number of hydrogen-bond donors (Lipinski definition) is 2. The molecule has 0 spiro atoms. The lowest BCUT2D eigenvalue weighted by molar-refractivity contribution is -0.115. The molecule has 0 aliphatic heterocycles. The molecule has 2 aromatic rings. The van der Waals surface area contributed by atoms with Crippen molar-refractivity contribution < 1.29 is 9.90 Å². The minimum absolute atomic E-state index is 0.0403. The van der Waals surface area contributed by atoms with Gasteiger partial charge in [-0.1, -0.05) is 17.9 Å². The van der Waals surface area contributed by atoms with E-state index in [2.05, 4.69) is 17.2 Å². The van der Waals surface area contributed by atoms with E-state index in [1.54, 1.807) is 11.3 Å². The van der Waals surface area contributed by atoms with Crippen molar-refractivity contribution in [1.82, 2.24) is 0 Å². The van der Waals surface area contributed by atoms with Gasteiger partial charge in [-0.15, -0.1) is 0 Å². The molecule has 2 rings (SSSR count). The second-order valence-corrected chi connectivity index (χ2v) is 5.46. The molecule has 0 bridgehead atoms. The van der Waals surface area contributed by atoms with E-state index in [4.69, 9.17) is 5.11 Å². The van der Waals surface area contributed by atoms with E-state index in [9.17, 15) is 4.79 Å². The lowest BCUT2D eigenvalue weighted by atomic mass is 10.1. The maximum absolute atomic E-state index is 12.1. The van der Waals surface area contributed by atoms with Crippen molar-refractivity contribution in [1.29, 1.82) is 0 Å². The van der Waals surface area contributed by atoms with Gasteiger partial charge in [0.2, 0.25) is 5.91 Å². The van der Waals surface area contributed by atoms with Gasteiger partial charge in [0.25, 0.3) is 0 Å². The number of carbonyl (C=O) groups excluding carboxylic acids is 1. The minimum Gasteiger partial charge on any atom is -0.395 e. The van der Waals surface area contributed by atoms with Crippen LogP contribution in [0.5, 0.6) is 0 Å². The fourth-order valence-electron chi connectivity index (χ4n) is 1.86. The SMILES string of the molecule is Cc1ccc(NC(=O)Cc2ccsc2)c(C#CCCO)c1. The summed E-state index contributed by atoms with van der Waals surface area (Å²) in [6.45, 7) is 2.02. The third-order valence-electron chi connectivity index (χ3n) is 2.85. The summed E-state index contributed by atoms with van der Waals surface area (Å²) in [5.74, 6) is 5.83. The molecule has 0 unspecified atom stereocenters. The second-order valence-electron chi connectivity index (χ2n) is 4.68. The Labute approximate surface area is 128 Å². The Hall–Kier alpha value is -2.09. The summed E-state index contributed by atoms with van der Waals surface area (Å²) in [6.07, 6.45) is 0.789. The molecule has 1 heterocycles. The van der Waals surface area contributed by atoms with E-state index >= 15 is 0 Å². The highest BCUT2D eigenvalue weighted by Crippen LogP contribution is 2.17. The van der Waals surface area contributed by atoms with Gasteiger partial charge in [-0.25, -0.2) is 0 Å². The summed E-state index contributed by atoms with van der Waals surface area (Å²) in [7, 11) is 0. The Morgan fingerprint density at radius 2 is 2.24 bits per heavy atom. The van der Waals surface area contributed by atoms with E-state index < -0.39 is 0 Å². The zero-order valence-electron chi connectivity index (χ0n) is 11.8. The Balaban J connectivity index is 2.12. The average molecular weight is 299 g/mol. The monoisotopic (exact) mass is 299 g/mol. The van der Waals surface area contributed by atoms with Gasteiger partial charge in [0.1, 0.15) is 0 Å². The maximum Gasteiger partial charge on any atom is 0.228 e. The topological polar surface area (TPSA) is 49.3 Å². The standard InChI is InChI=1S/C17H17NO2S/c1-13-5-6-16(15(10-13)4-2-3-8-19)18-17(20)11-14-7-9-21-12-14/h5-7,9-10,12,19H,3,8,11H2,1H3,(H,18,20). The number of aliphatic hydroxyl groups excluding tert-OH is 1. The maximum atomic E-state index is 12.1. The van der Waals surface area contributed by atoms with Crippen LogP contribution < -0.4 is 5.32 Å². The van der Waals surface area contributed by atoms with Gasteiger partial charge in [0.05, 0.1) is 18.7 Å². The van der Waals surface area contributed by atoms with Crippen LogP contribution in [0, 0.1) is 18.8 Å². The molecule has 0 aliphatic rings. The number of amides is 1. The van der Waals surface area contributed by atoms with Crippen molar-refractivity contribution in [2.75, 3.05) is 11.9 Å². The first-order valence-electron chi connectivity index (χ1n) is 6.70. The largest absolute Gasteiger partial charge is 0.395 e. The number of benzene rings is 1. The molecule has 2 N–H and O–H groups in total. The van der Waals surface area contributed by atoms with Crippen LogP contribution in [0.1, 0.15) is 23.1 Å². The molecule has 1 amide bonds. The number of hydrogen-bond acceptors (Lipinski definition) is 3. The molecular weight excluding hydrogens is 282 g/mol. The van der Waals surface area contributed by atoms with Crippen molar-refractivity contribution in [3.8, 4) is 11.8 Å². The number of anilines is 1. The van der Waals surface area contributed by atoms with Crippen LogP contribution in [0.2, 0.25) is 0 Å². The third kappa shape index (κ3) is 4.75. The highest BCUT2D eigenvalue weighted by Gasteiger charge is 2.07. The van der Waals surface area contributed by atoms with Crippen molar-refractivity contribution in [2.24, 2.45) is 0 Å². The normalized spacial score (nSPS) is 9.81. The molecule has 108 valence electrons. The van der Waals surface area contributed by atoms with Crippen molar-refractivity contribution in [3.63, 3.8) is 0 Å².